The van der Waals surface area contributed by atoms with Gasteiger partial charge in [0, 0.05) is 44.1 Å². The molecule has 4 atom stereocenters. The number of rotatable bonds is 13. The highest BCUT2D eigenvalue weighted by Crippen LogP contribution is 2.49. The molecule has 0 aliphatic carbocycles. The molecule has 18 heteroatoms. The summed E-state index contributed by atoms with van der Waals surface area (Å²) >= 11 is 0. The van der Waals surface area contributed by atoms with Crippen molar-refractivity contribution in [3.63, 3.8) is 0 Å². The number of anilines is 1. The third-order valence-corrected chi connectivity index (χ3v) is 21.0. The fraction of sp³-hybridized carbons (Fsp3) is 0.588. The molecule has 5 heterocycles. The average molecular weight is 984 g/mol. The predicted octanol–water partition coefficient (Wildman–Crippen LogP) is 11.6. The Morgan fingerprint density at radius 1 is 0.928 bits per heavy atom. The maximum atomic E-state index is 18.2. The molecule has 69 heavy (non-hydrogen) atoms. The molecule has 1 amide bonds. The first-order valence-corrected chi connectivity index (χ1v) is 26.2. The second kappa shape index (κ2) is 19.3. The van der Waals surface area contributed by atoms with Crippen molar-refractivity contribution < 1.29 is 54.8 Å². The van der Waals surface area contributed by atoms with Crippen LogP contribution in [0.25, 0.3) is 32.8 Å². The maximum Gasteiger partial charge on any atom is 0.410 e. The van der Waals surface area contributed by atoms with Crippen LogP contribution in [0.5, 0.6) is 17.5 Å². The third kappa shape index (κ3) is 9.39. The number of nitrogens with zero attached hydrogens (tertiary/aromatic N) is 5. The van der Waals surface area contributed by atoms with E-state index in [9.17, 15) is 18.0 Å². The minimum Gasteiger partial charge on any atom is -0.468 e. The van der Waals surface area contributed by atoms with Crippen LogP contribution in [0.1, 0.15) is 100.0 Å². The van der Waals surface area contributed by atoms with Crippen molar-refractivity contribution in [1.29, 1.82) is 0 Å². The van der Waals surface area contributed by atoms with Crippen LogP contribution >= 0.6 is 0 Å². The summed E-state index contributed by atoms with van der Waals surface area (Å²) in [5.74, 6) is -1.58. The van der Waals surface area contributed by atoms with Crippen molar-refractivity contribution >= 4 is 41.7 Å². The molecule has 3 aromatic carbocycles. The number of amides is 1. The van der Waals surface area contributed by atoms with Crippen molar-refractivity contribution in [2.75, 3.05) is 51.6 Å². The Kier molecular flexibility index (Phi) is 14.1. The number of aromatic nitrogens is 2. The molecule has 0 radical (unpaired) electrons. The Morgan fingerprint density at radius 3 is 2.23 bits per heavy atom. The van der Waals surface area contributed by atoms with Gasteiger partial charge in [-0.3, -0.25) is 9.80 Å². The summed E-state index contributed by atoms with van der Waals surface area (Å²) in [6.45, 7) is 15.0. The standard InChI is InChI=1S/C51H63F6N5O6Si/c1-28(2)69(29(3)4,30(5)6)19-16-36-38(53)15-12-31-20-35(66-27-64-10)21-37(39(31)36)40-42(54)44-41(45(43(40)55)67-47(56)57)46(59-48(58-44)65-26-51-17-11-18-61(51)23-32(52)22-51)60-24-33-13-14-34(25-60)62(33)49(63)68-50(7,8)9/h12,15,20-21,28-30,32-34,47H,11,13-14,17-18,22-27H2,1-10H3/t32-,33?,34?,51+/m1/s1. The number of hydrogen-bond donors (Lipinski definition) is 0. The zero-order valence-electron chi connectivity index (χ0n) is 41.1. The third-order valence-electron chi connectivity index (χ3n) is 14.7. The van der Waals surface area contributed by atoms with E-state index in [4.69, 9.17) is 28.7 Å². The van der Waals surface area contributed by atoms with E-state index in [1.54, 1.807) is 36.6 Å². The van der Waals surface area contributed by atoms with Crippen LogP contribution < -0.4 is 19.1 Å². The topological polar surface area (TPSA) is 98.7 Å². The summed E-state index contributed by atoms with van der Waals surface area (Å²) in [5, 5.41) is -0.199. The number of hydrogen-bond acceptors (Lipinski definition) is 10. The molecule has 0 spiro atoms. The molecule has 0 saturated carbocycles. The molecule has 8 rings (SSSR count). The van der Waals surface area contributed by atoms with Crippen LogP contribution in [0, 0.1) is 28.9 Å². The molecule has 1 aromatic heterocycles. The largest absolute Gasteiger partial charge is 0.468 e. The molecule has 4 saturated heterocycles. The molecule has 2 bridgehead atoms. The highest BCUT2D eigenvalue weighted by atomic mass is 28.3. The zero-order chi connectivity index (χ0) is 49.9. The molecule has 4 aliphatic heterocycles. The number of halogens is 6. The number of ether oxygens (including phenoxy) is 5. The van der Waals surface area contributed by atoms with Gasteiger partial charge in [-0.1, -0.05) is 53.5 Å². The van der Waals surface area contributed by atoms with Gasteiger partial charge in [-0.05, 0) is 93.2 Å². The SMILES string of the molecule is COCOc1cc(-c2c(F)c(OC(F)F)c3c(N4CC5CCC(C4)N5C(=O)OC(C)(C)C)nc(OC[C@@]45CCCN4C[C@H](F)C5)nc3c2F)c2c(C#C[Si](C(C)C)(C(C)C)C(C)C)c(F)ccc2c1. The lowest BCUT2D eigenvalue weighted by molar-refractivity contribution is -0.0510. The second-order valence-electron chi connectivity index (χ2n) is 21.0. The predicted molar refractivity (Wildman–Crippen MR) is 255 cm³/mol. The first-order valence-electron chi connectivity index (χ1n) is 24.0. The number of alkyl halides is 3. The Morgan fingerprint density at radius 2 is 1.61 bits per heavy atom. The van der Waals surface area contributed by atoms with Crippen molar-refractivity contribution in [1.82, 2.24) is 19.8 Å². The van der Waals surface area contributed by atoms with E-state index < -0.39 is 89.8 Å². The summed E-state index contributed by atoms with van der Waals surface area (Å²) in [4.78, 5) is 28.1. The molecule has 2 unspecified atom stereocenters. The summed E-state index contributed by atoms with van der Waals surface area (Å²) in [6.07, 6.45) is 1.15. The molecule has 11 nitrogen and oxygen atoms in total. The van der Waals surface area contributed by atoms with E-state index in [1.165, 1.54) is 25.3 Å². The lowest BCUT2D eigenvalue weighted by atomic mass is 9.92. The Hall–Kier alpha value is -4.99. The first kappa shape index (κ1) is 50.4. The Bertz CT molecular complexity index is 2640. The van der Waals surface area contributed by atoms with E-state index in [1.807, 2.05) is 4.90 Å². The average Bonchev–Trinajstić information content (AvgIpc) is 3.89. The summed E-state index contributed by atoms with van der Waals surface area (Å²) in [7, 11) is -1.14. The van der Waals surface area contributed by atoms with E-state index in [2.05, 4.69) is 58.0 Å². The van der Waals surface area contributed by atoms with Crippen LogP contribution in [0.15, 0.2) is 24.3 Å². The number of piperazine rings is 1. The van der Waals surface area contributed by atoms with Crippen LogP contribution in [-0.4, -0.2) is 117 Å². The van der Waals surface area contributed by atoms with Crippen molar-refractivity contribution in [3.8, 4) is 40.1 Å². The van der Waals surface area contributed by atoms with E-state index in [-0.39, 0.29) is 90.2 Å². The molecule has 4 aromatic rings. The van der Waals surface area contributed by atoms with Gasteiger partial charge in [-0.2, -0.15) is 18.7 Å². The first-order chi connectivity index (χ1) is 32.6. The normalized spacial score (nSPS) is 21.8. The van der Waals surface area contributed by atoms with Gasteiger partial charge < -0.3 is 28.6 Å². The molecular formula is C51H63F6N5O6Si. The van der Waals surface area contributed by atoms with Crippen LogP contribution in [-0.2, 0) is 9.47 Å². The minimum absolute atomic E-state index is 0.00890. The van der Waals surface area contributed by atoms with Gasteiger partial charge in [0.15, 0.2) is 24.2 Å². The maximum absolute atomic E-state index is 18.2. The van der Waals surface area contributed by atoms with Gasteiger partial charge in [0.2, 0.25) is 0 Å². The van der Waals surface area contributed by atoms with Gasteiger partial charge in [-0.15, -0.1) is 5.54 Å². The number of fused-ring (bicyclic) bond motifs is 5. The van der Waals surface area contributed by atoms with E-state index in [0.29, 0.717) is 31.2 Å². The molecule has 4 fully saturated rings. The highest BCUT2D eigenvalue weighted by Gasteiger charge is 2.50. The number of carbonyl (C=O) groups excluding carboxylic acids is 1. The van der Waals surface area contributed by atoms with Crippen LogP contribution in [0.3, 0.4) is 0 Å². The van der Waals surface area contributed by atoms with Crippen LogP contribution in [0.4, 0.5) is 37.0 Å². The van der Waals surface area contributed by atoms with Crippen molar-refractivity contribution in [3.05, 3.63) is 47.3 Å². The van der Waals surface area contributed by atoms with Crippen molar-refractivity contribution in [2.45, 2.75) is 147 Å². The van der Waals surface area contributed by atoms with E-state index >= 15 is 13.2 Å². The molecule has 4 aliphatic rings. The van der Waals surface area contributed by atoms with Gasteiger partial charge in [0.05, 0.1) is 34.1 Å². The molecule has 374 valence electrons. The highest BCUT2D eigenvalue weighted by molar-refractivity contribution is 6.90. The number of carbonyl (C=O) groups is 1. The van der Waals surface area contributed by atoms with Gasteiger partial charge in [0.25, 0.3) is 0 Å². The Balaban J connectivity index is 1.39. The summed E-state index contributed by atoms with van der Waals surface area (Å²) < 4.78 is 125. The zero-order valence-corrected chi connectivity index (χ0v) is 42.1. The second-order valence-corrected chi connectivity index (χ2v) is 26.6. The molecular weight excluding hydrogens is 921 g/mol. The number of methoxy groups -OCH3 is 1. The molecule has 0 N–H and O–H groups in total. The fourth-order valence-electron chi connectivity index (χ4n) is 11.8. The lowest BCUT2D eigenvalue weighted by Gasteiger charge is -2.42. The van der Waals surface area contributed by atoms with Crippen LogP contribution in [0.2, 0.25) is 16.6 Å². The minimum atomic E-state index is -3.61. The monoisotopic (exact) mass is 983 g/mol. The smallest absolute Gasteiger partial charge is 0.410 e. The van der Waals surface area contributed by atoms with Gasteiger partial charge >= 0.3 is 18.7 Å². The number of benzene rings is 3. The summed E-state index contributed by atoms with van der Waals surface area (Å²) in [5.41, 5.74) is 0.653. The lowest BCUT2D eigenvalue weighted by Crippen LogP contribution is -2.57. The van der Waals surface area contributed by atoms with Gasteiger partial charge in [0.1, 0.15) is 49.4 Å². The van der Waals surface area contributed by atoms with Crippen molar-refractivity contribution in [2.24, 2.45) is 0 Å². The van der Waals surface area contributed by atoms with E-state index in [0.717, 1.165) is 6.42 Å². The quantitative estimate of drug-likeness (QED) is 0.0557. The summed E-state index contributed by atoms with van der Waals surface area (Å²) in [6, 6.07) is 4.26. The fourth-order valence-corrected chi connectivity index (χ4v) is 17.1. The van der Waals surface area contributed by atoms with Gasteiger partial charge in [-0.25, -0.2) is 22.4 Å². The Labute approximate surface area is 401 Å².